The lowest BCUT2D eigenvalue weighted by molar-refractivity contribution is -0.141. The van der Waals surface area contributed by atoms with Gasteiger partial charge in [0.15, 0.2) is 0 Å². The number of hydrogen-bond acceptors (Lipinski definition) is 5. The zero-order valence-electron chi connectivity index (χ0n) is 21.3. The SMILES string of the molecule is COC(=O)CCC1CN(S(=O)(=O)c2cccc(C(F)(F)F)c2)c2cc(C=C(C)c3c(Cl)cccc3Cl)ccc2O1. The fourth-order valence-electron chi connectivity index (χ4n) is 4.33. The molecule has 0 radical (unpaired) electrons. The highest BCUT2D eigenvalue weighted by atomic mass is 35.5. The standard InChI is InChI=1S/C28H24Cl2F3NO5S/c1-17(27-22(29)7-4-8-23(27)30)13-18-9-11-25-24(14-18)34(16-20(39-25)10-12-26(35)38-2)40(36,37)21-6-3-5-19(15-21)28(31,32)33/h3-9,11,13-15,20H,10,12,16H2,1-2H3. The monoisotopic (exact) mass is 613 g/mol. The van der Waals surface area contributed by atoms with Crippen molar-refractivity contribution < 1.29 is 35.9 Å². The highest BCUT2D eigenvalue weighted by Crippen LogP contribution is 2.40. The molecule has 0 spiro atoms. The number of allylic oxidation sites excluding steroid dienone is 1. The van der Waals surface area contributed by atoms with Gasteiger partial charge in [0.05, 0.1) is 29.8 Å². The Morgan fingerprint density at radius 1 is 1.10 bits per heavy atom. The second-order valence-corrected chi connectivity index (χ2v) is 11.7. The third-order valence-corrected chi connectivity index (χ3v) is 8.71. The summed E-state index contributed by atoms with van der Waals surface area (Å²) in [6.45, 7) is 1.56. The summed E-state index contributed by atoms with van der Waals surface area (Å²) in [5.41, 5.74) is 0.937. The van der Waals surface area contributed by atoms with Gasteiger partial charge in [-0.15, -0.1) is 0 Å². The van der Waals surface area contributed by atoms with Crippen LogP contribution in [0.3, 0.4) is 0 Å². The summed E-state index contributed by atoms with van der Waals surface area (Å²) in [5, 5.41) is 0.870. The van der Waals surface area contributed by atoms with Crippen molar-refractivity contribution in [1.82, 2.24) is 0 Å². The van der Waals surface area contributed by atoms with E-state index in [0.717, 1.165) is 22.5 Å². The van der Waals surface area contributed by atoms with E-state index in [-0.39, 0.29) is 30.8 Å². The Balaban J connectivity index is 1.79. The number of sulfonamides is 1. The van der Waals surface area contributed by atoms with E-state index in [0.29, 0.717) is 32.8 Å². The van der Waals surface area contributed by atoms with E-state index in [9.17, 15) is 26.4 Å². The Bertz CT molecular complexity index is 1550. The first-order chi connectivity index (χ1) is 18.8. The highest BCUT2D eigenvalue weighted by molar-refractivity contribution is 7.92. The molecule has 0 saturated heterocycles. The third-order valence-electron chi connectivity index (χ3n) is 6.30. The Hall–Kier alpha value is -3.21. The number of rotatable bonds is 7. The predicted molar refractivity (Wildman–Crippen MR) is 148 cm³/mol. The largest absolute Gasteiger partial charge is 0.486 e. The lowest BCUT2D eigenvalue weighted by atomic mass is 10.0. The molecule has 0 aliphatic carbocycles. The van der Waals surface area contributed by atoms with Crippen LogP contribution in [0, 0.1) is 0 Å². The predicted octanol–water partition coefficient (Wildman–Crippen LogP) is 7.48. The van der Waals surface area contributed by atoms with Crippen molar-refractivity contribution in [2.24, 2.45) is 0 Å². The number of halogens is 5. The van der Waals surface area contributed by atoms with Crippen molar-refractivity contribution in [3.8, 4) is 5.75 Å². The van der Waals surface area contributed by atoms with Crippen LogP contribution in [-0.2, 0) is 25.7 Å². The first kappa shape index (κ1) is 29.8. The molecule has 6 nitrogen and oxygen atoms in total. The van der Waals surface area contributed by atoms with Gasteiger partial charge in [0.25, 0.3) is 10.0 Å². The van der Waals surface area contributed by atoms with Gasteiger partial charge in [-0.1, -0.05) is 47.5 Å². The molecule has 0 bridgehead atoms. The Morgan fingerprint density at radius 2 is 1.77 bits per heavy atom. The second kappa shape index (κ2) is 11.7. The van der Waals surface area contributed by atoms with Crippen LogP contribution in [0.15, 0.2) is 65.6 Å². The number of ether oxygens (including phenoxy) is 2. The molecule has 0 fully saturated rings. The van der Waals surface area contributed by atoms with Gasteiger partial charge in [0.1, 0.15) is 11.9 Å². The molecule has 12 heteroatoms. The quantitative estimate of drug-likeness (QED) is 0.204. The lowest BCUT2D eigenvalue weighted by Gasteiger charge is -2.35. The van der Waals surface area contributed by atoms with Gasteiger partial charge in [0, 0.05) is 22.0 Å². The first-order valence-corrected chi connectivity index (χ1v) is 14.2. The number of carbonyl (C=O) groups is 1. The summed E-state index contributed by atoms with van der Waals surface area (Å²) >= 11 is 12.7. The maximum atomic E-state index is 13.8. The molecule has 212 valence electrons. The number of benzene rings is 3. The van der Waals surface area contributed by atoms with Gasteiger partial charge in [-0.3, -0.25) is 9.10 Å². The molecule has 0 aromatic heterocycles. The number of methoxy groups -OCH3 is 1. The van der Waals surface area contributed by atoms with E-state index in [1.165, 1.54) is 7.11 Å². The minimum atomic E-state index is -4.73. The number of carbonyl (C=O) groups excluding carboxylic acids is 1. The summed E-state index contributed by atoms with van der Waals surface area (Å²) in [4.78, 5) is 11.2. The van der Waals surface area contributed by atoms with Crippen LogP contribution in [0.4, 0.5) is 18.9 Å². The molecule has 0 amide bonds. The number of fused-ring (bicyclic) bond motifs is 1. The van der Waals surface area contributed by atoms with Crippen LogP contribution in [-0.4, -0.2) is 34.1 Å². The summed E-state index contributed by atoms with van der Waals surface area (Å²) in [6.07, 6.45) is -3.63. The van der Waals surface area contributed by atoms with E-state index in [4.69, 9.17) is 27.9 Å². The van der Waals surface area contributed by atoms with Gasteiger partial charge in [0.2, 0.25) is 0 Å². The van der Waals surface area contributed by atoms with Crippen molar-refractivity contribution in [3.63, 3.8) is 0 Å². The average molecular weight is 614 g/mol. The Morgan fingerprint density at radius 3 is 2.42 bits per heavy atom. The molecule has 40 heavy (non-hydrogen) atoms. The van der Waals surface area contributed by atoms with Gasteiger partial charge < -0.3 is 9.47 Å². The van der Waals surface area contributed by atoms with E-state index in [1.807, 2.05) is 0 Å². The number of alkyl halides is 3. The van der Waals surface area contributed by atoms with Crippen LogP contribution in [0.1, 0.15) is 36.5 Å². The molecule has 0 N–H and O–H groups in total. The van der Waals surface area contributed by atoms with Gasteiger partial charge >= 0.3 is 12.1 Å². The summed E-state index contributed by atoms with van der Waals surface area (Å²) in [7, 11) is -3.24. The van der Waals surface area contributed by atoms with Crippen molar-refractivity contribution in [2.45, 2.75) is 36.9 Å². The summed E-state index contributed by atoms with van der Waals surface area (Å²) in [5.74, 6) is -0.307. The molecule has 3 aromatic carbocycles. The van der Waals surface area contributed by atoms with Gasteiger partial charge in [-0.2, -0.15) is 13.2 Å². The molecule has 1 heterocycles. The minimum Gasteiger partial charge on any atom is -0.486 e. The Labute approximate surface area is 240 Å². The van der Waals surface area contributed by atoms with Crippen LogP contribution in [0.5, 0.6) is 5.75 Å². The lowest BCUT2D eigenvalue weighted by Crippen LogP contribution is -2.43. The van der Waals surface area contributed by atoms with Crippen molar-refractivity contribution in [3.05, 3.63) is 87.4 Å². The molecule has 1 atom stereocenters. The fraction of sp³-hybridized carbons (Fsp3) is 0.250. The number of anilines is 1. The van der Waals surface area contributed by atoms with Crippen LogP contribution >= 0.6 is 23.2 Å². The van der Waals surface area contributed by atoms with Crippen LogP contribution in [0.2, 0.25) is 10.0 Å². The van der Waals surface area contributed by atoms with Crippen LogP contribution in [0.25, 0.3) is 11.6 Å². The van der Waals surface area contributed by atoms with E-state index in [1.54, 1.807) is 49.4 Å². The summed E-state index contributed by atoms with van der Waals surface area (Å²) < 4.78 is 79.4. The normalized spacial score (nSPS) is 15.8. The molecule has 0 saturated carbocycles. The number of hydrogen-bond donors (Lipinski definition) is 0. The molecule has 1 aliphatic rings. The molecular formula is C28H24Cl2F3NO5S. The van der Waals surface area contributed by atoms with Crippen LogP contribution < -0.4 is 9.04 Å². The number of nitrogens with zero attached hydrogens (tertiary/aromatic N) is 1. The average Bonchev–Trinajstić information content (AvgIpc) is 2.90. The van der Waals surface area contributed by atoms with Crippen molar-refractivity contribution >= 4 is 56.5 Å². The van der Waals surface area contributed by atoms with E-state index in [2.05, 4.69) is 4.74 Å². The fourth-order valence-corrected chi connectivity index (χ4v) is 6.58. The molecule has 3 aromatic rings. The maximum Gasteiger partial charge on any atom is 0.416 e. The summed E-state index contributed by atoms with van der Waals surface area (Å²) in [6, 6.07) is 13.5. The maximum absolute atomic E-state index is 13.8. The Kier molecular flexibility index (Phi) is 8.72. The second-order valence-electron chi connectivity index (χ2n) is 9.07. The topological polar surface area (TPSA) is 72.9 Å². The number of esters is 1. The molecule has 4 rings (SSSR count). The molecular weight excluding hydrogens is 590 g/mol. The van der Waals surface area contributed by atoms with E-state index < -0.39 is 38.7 Å². The van der Waals surface area contributed by atoms with Crippen molar-refractivity contribution in [2.75, 3.05) is 18.0 Å². The smallest absolute Gasteiger partial charge is 0.416 e. The highest BCUT2D eigenvalue weighted by Gasteiger charge is 2.37. The van der Waals surface area contributed by atoms with E-state index >= 15 is 0 Å². The van der Waals surface area contributed by atoms with Crippen molar-refractivity contribution in [1.29, 1.82) is 0 Å². The van der Waals surface area contributed by atoms with Gasteiger partial charge in [-0.25, -0.2) is 8.42 Å². The third kappa shape index (κ3) is 6.40. The minimum absolute atomic E-state index is 0.0352. The molecule has 1 unspecified atom stereocenters. The molecule has 1 aliphatic heterocycles. The first-order valence-electron chi connectivity index (χ1n) is 12.0. The zero-order valence-corrected chi connectivity index (χ0v) is 23.7. The van der Waals surface area contributed by atoms with Gasteiger partial charge in [-0.05, 0) is 66.9 Å². The zero-order chi connectivity index (χ0) is 29.2.